The quantitative estimate of drug-likeness (QED) is 0.519. The van der Waals surface area contributed by atoms with Crippen LogP contribution in [-0.4, -0.2) is 5.71 Å². The minimum Gasteiger partial charge on any atom is -0.222 e. The van der Waals surface area contributed by atoms with Gasteiger partial charge in [-0.05, 0) is 13.8 Å². The summed E-state index contributed by atoms with van der Waals surface area (Å²) in [5.41, 5.74) is 4.20. The number of nitrogens with one attached hydrogen (secondary N) is 1. The summed E-state index contributed by atoms with van der Waals surface area (Å²) in [5, 5.41) is 0. The third kappa shape index (κ3) is 3.76. The lowest BCUT2D eigenvalue weighted by Gasteiger charge is -2.17. The molecular formula is C11H14ClNO4. The highest BCUT2D eigenvalue weighted by Gasteiger charge is 2.37. The largest absolute Gasteiger partial charge is 0.222 e. The van der Waals surface area contributed by atoms with E-state index in [4.69, 9.17) is 18.6 Å². The normalized spacial score (nSPS) is 16.8. The van der Waals surface area contributed by atoms with Gasteiger partial charge in [-0.3, -0.25) is 0 Å². The lowest BCUT2D eigenvalue weighted by Crippen LogP contribution is -2.68. The van der Waals surface area contributed by atoms with Gasteiger partial charge >= 0.3 is 0 Å². The van der Waals surface area contributed by atoms with E-state index in [1.807, 2.05) is 0 Å². The first-order valence-electron chi connectivity index (χ1n) is 4.94. The zero-order valence-corrected chi connectivity index (χ0v) is 10.6. The van der Waals surface area contributed by atoms with Gasteiger partial charge in [-0.25, -0.2) is 23.6 Å². The Kier molecular flexibility index (Phi) is 3.91. The van der Waals surface area contributed by atoms with E-state index in [2.05, 4.69) is 50.0 Å². The minimum absolute atomic E-state index is 0.191. The molecule has 5 nitrogen and oxygen atoms in total. The molecule has 1 aromatic rings. The van der Waals surface area contributed by atoms with E-state index >= 15 is 0 Å². The Bertz CT molecular complexity index is 431. The van der Waals surface area contributed by atoms with Gasteiger partial charge < -0.3 is 0 Å². The maximum Gasteiger partial charge on any atom is 0.207 e. The maximum absolute atomic E-state index is 8.49. The Hall–Kier alpha value is -0.980. The highest BCUT2D eigenvalue weighted by atomic mass is 35.7. The molecule has 1 N–H and O–H groups in total. The molecule has 1 heterocycles. The molecule has 1 aromatic carbocycles. The van der Waals surface area contributed by atoms with Gasteiger partial charge in [0.25, 0.3) is 0 Å². The van der Waals surface area contributed by atoms with Crippen molar-refractivity contribution in [2.75, 3.05) is 0 Å². The summed E-state index contributed by atoms with van der Waals surface area (Å²) in [6.45, 7) is 6.66. The van der Waals surface area contributed by atoms with Crippen LogP contribution in [0, 0.1) is 10.2 Å². The van der Waals surface area contributed by atoms with Gasteiger partial charge in [0.1, 0.15) is 0 Å². The van der Waals surface area contributed by atoms with Gasteiger partial charge in [0, 0.05) is 18.6 Å². The molecule has 0 radical (unpaired) electrons. The molecule has 1 aliphatic heterocycles. The van der Waals surface area contributed by atoms with Crippen molar-refractivity contribution in [1.29, 1.82) is 0 Å². The van der Waals surface area contributed by atoms with Crippen molar-refractivity contribution in [3.63, 3.8) is 0 Å². The van der Waals surface area contributed by atoms with E-state index in [1.165, 1.54) is 17.0 Å². The van der Waals surface area contributed by atoms with Gasteiger partial charge in [0.2, 0.25) is 5.69 Å². The molecule has 0 aliphatic carbocycles. The fraction of sp³-hybridized carbons (Fsp3) is 0.364. The zero-order chi connectivity index (χ0) is 13.3. The monoisotopic (exact) mass is 259 g/mol. The lowest BCUT2D eigenvalue weighted by atomic mass is 9.82. The number of benzene rings is 1. The molecule has 0 atom stereocenters. The van der Waals surface area contributed by atoms with Crippen LogP contribution >= 0.6 is 0 Å². The SMILES string of the molecule is CC1=[NH+]c2ccccc2C1(C)C.[O-][Cl+3]([O-])([O-])[O-]. The summed E-state index contributed by atoms with van der Waals surface area (Å²) in [6.07, 6.45) is 0. The average molecular weight is 260 g/mol. The number of halogens is 1. The van der Waals surface area contributed by atoms with Crippen LogP contribution < -0.4 is 23.6 Å². The summed E-state index contributed by atoms with van der Waals surface area (Å²) in [4.78, 5) is 3.40. The second kappa shape index (κ2) is 4.72. The van der Waals surface area contributed by atoms with Gasteiger partial charge in [-0.2, -0.15) is 0 Å². The van der Waals surface area contributed by atoms with E-state index in [1.54, 1.807) is 0 Å². The molecule has 2 rings (SSSR count). The molecule has 6 heteroatoms. The number of rotatable bonds is 0. The summed E-state index contributed by atoms with van der Waals surface area (Å²) in [5.74, 6) is 0. The van der Waals surface area contributed by atoms with Crippen LogP contribution in [0.2, 0.25) is 0 Å². The Labute approximate surface area is 102 Å². The maximum atomic E-state index is 8.49. The van der Waals surface area contributed by atoms with Crippen LogP contribution in [-0.2, 0) is 5.41 Å². The highest BCUT2D eigenvalue weighted by molar-refractivity contribution is 5.91. The smallest absolute Gasteiger partial charge is 0.207 e. The molecule has 0 aromatic heterocycles. The standard InChI is InChI=1S/C11H13N.ClHO4/c1-8-11(2,3)9-6-4-5-7-10(9)12-8;2-1(3,4)5/h4-7H,1-3H3;(H,2,3,4,5). The first kappa shape index (κ1) is 14.1. The first-order chi connectivity index (χ1) is 7.62. The highest BCUT2D eigenvalue weighted by Crippen LogP contribution is 2.30. The van der Waals surface area contributed by atoms with Crippen molar-refractivity contribution in [3.8, 4) is 0 Å². The Morgan fingerprint density at radius 3 is 2.00 bits per heavy atom. The third-order valence-electron chi connectivity index (χ3n) is 2.86. The number of para-hydroxylation sites is 1. The van der Waals surface area contributed by atoms with E-state index in [0.29, 0.717) is 0 Å². The predicted molar refractivity (Wildman–Crippen MR) is 50.8 cm³/mol. The number of hydrogen-bond acceptors (Lipinski definition) is 4. The van der Waals surface area contributed by atoms with Gasteiger partial charge in [0.15, 0.2) is 5.71 Å². The summed E-state index contributed by atoms with van der Waals surface area (Å²) < 4.78 is 34.0. The zero-order valence-electron chi connectivity index (χ0n) is 9.82. The lowest BCUT2D eigenvalue weighted by molar-refractivity contribution is -2.00. The fourth-order valence-corrected chi connectivity index (χ4v) is 1.70. The van der Waals surface area contributed by atoms with E-state index in [9.17, 15) is 0 Å². The molecule has 0 amide bonds. The molecule has 0 saturated heterocycles. The van der Waals surface area contributed by atoms with Crippen molar-refractivity contribution in [3.05, 3.63) is 29.8 Å². The molecule has 0 bridgehead atoms. The molecule has 0 spiro atoms. The van der Waals surface area contributed by atoms with Gasteiger partial charge in [-0.15, -0.1) is 10.2 Å². The van der Waals surface area contributed by atoms with E-state index in [0.717, 1.165) is 0 Å². The van der Waals surface area contributed by atoms with Crippen LogP contribution in [0.5, 0.6) is 0 Å². The van der Waals surface area contributed by atoms with Crippen LogP contribution in [0.25, 0.3) is 0 Å². The van der Waals surface area contributed by atoms with Crippen LogP contribution in [0.3, 0.4) is 0 Å². The molecule has 94 valence electrons. The summed E-state index contributed by atoms with van der Waals surface area (Å²) in [7, 11) is -4.94. The minimum atomic E-state index is -4.94. The topological polar surface area (TPSA) is 106 Å². The molecule has 17 heavy (non-hydrogen) atoms. The predicted octanol–water partition coefficient (Wildman–Crippen LogP) is -3.61. The van der Waals surface area contributed by atoms with Gasteiger partial charge in [-0.1, -0.05) is 18.2 Å². The Balaban J connectivity index is 0.000000249. The van der Waals surface area contributed by atoms with Crippen molar-refractivity contribution in [2.45, 2.75) is 26.2 Å². The number of fused-ring (bicyclic) bond motifs is 1. The van der Waals surface area contributed by atoms with Crippen molar-refractivity contribution in [1.82, 2.24) is 0 Å². The van der Waals surface area contributed by atoms with Crippen LogP contribution in [0.1, 0.15) is 26.3 Å². The van der Waals surface area contributed by atoms with E-state index in [-0.39, 0.29) is 5.41 Å². The Morgan fingerprint density at radius 1 is 1.06 bits per heavy atom. The molecular weight excluding hydrogens is 246 g/mol. The Morgan fingerprint density at radius 2 is 1.53 bits per heavy atom. The first-order valence-corrected chi connectivity index (χ1v) is 6.18. The second-order valence-electron chi connectivity index (χ2n) is 4.30. The second-order valence-corrected chi connectivity index (χ2v) is 5.05. The number of hydrogen-bond donors (Lipinski definition) is 1. The molecule has 0 saturated carbocycles. The van der Waals surface area contributed by atoms with Crippen molar-refractivity contribution in [2.24, 2.45) is 0 Å². The molecule has 1 aliphatic rings. The molecule has 0 unspecified atom stereocenters. The van der Waals surface area contributed by atoms with Gasteiger partial charge in [0.05, 0.1) is 5.41 Å². The summed E-state index contributed by atoms with van der Waals surface area (Å²) >= 11 is 0. The third-order valence-corrected chi connectivity index (χ3v) is 2.86. The fourth-order valence-electron chi connectivity index (χ4n) is 1.70. The average Bonchev–Trinajstić information content (AvgIpc) is 2.36. The van der Waals surface area contributed by atoms with Crippen LogP contribution in [0.15, 0.2) is 24.3 Å². The summed E-state index contributed by atoms with van der Waals surface area (Å²) in [6, 6.07) is 8.49. The van der Waals surface area contributed by atoms with Crippen molar-refractivity contribution >= 4 is 11.4 Å². The van der Waals surface area contributed by atoms with Crippen LogP contribution in [0.4, 0.5) is 5.69 Å². The van der Waals surface area contributed by atoms with E-state index < -0.39 is 10.2 Å². The molecule has 0 fully saturated rings. The van der Waals surface area contributed by atoms with Crippen molar-refractivity contribution < 1.29 is 33.9 Å².